The minimum atomic E-state index is -4.59. The summed E-state index contributed by atoms with van der Waals surface area (Å²) in [6.07, 6.45) is -2.40. The molecule has 0 aliphatic carbocycles. The summed E-state index contributed by atoms with van der Waals surface area (Å²) in [6, 6.07) is 16.7. The van der Waals surface area contributed by atoms with Gasteiger partial charge in [-0.05, 0) is 73.1 Å². The minimum absolute atomic E-state index is 0.0525. The van der Waals surface area contributed by atoms with E-state index in [9.17, 15) is 18.0 Å². The van der Waals surface area contributed by atoms with Crippen LogP contribution in [0.5, 0.6) is 5.75 Å². The van der Waals surface area contributed by atoms with Gasteiger partial charge in [0.2, 0.25) is 11.8 Å². The van der Waals surface area contributed by atoms with E-state index < -0.39 is 17.8 Å². The van der Waals surface area contributed by atoms with Gasteiger partial charge in [0.05, 0.1) is 24.8 Å². The zero-order chi connectivity index (χ0) is 33.1. The highest BCUT2D eigenvalue weighted by atomic mass is 19.4. The summed E-state index contributed by atoms with van der Waals surface area (Å²) >= 11 is 0. The molecule has 0 bridgehead atoms. The molecule has 0 spiro atoms. The van der Waals surface area contributed by atoms with Crippen LogP contribution in [0.3, 0.4) is 0 Å². The Morgan fingerprint density at radius 1 is 1.00 bits per heavy atom. The number of hydrogen-bond acceptors (Lipinski definition) is 8. The predicted octanol–water partition coefficient (Wildman–Crippen LogP) is 7.24. The second kappa shape index (κ2) is 13.5. The van der Waals surface area contributed by atoms with Gasteiger partial charge < -0.3 is 18.8 Å². The van der Waals surface area contributed by atoms with Gasteiger partial charge in [-0.2, -0.15) is 13.2 Å². The smallest absolute Gasteiger partial charge is 0.433 e. The molecule has 2 aromatic carbocycles. The first-order valence-corrected chi connectivity index (χ1v) is 15.4. The first-order valence-electron chi connectivity index (χ1n) is 15.4. The van der Waals surface area contributed by atoms with Crippen LogP contribution in [0.4, 0.5) is 19.1 Å². The third-order valence-electron chi connectivity index (χ3n) is 8.17. The molecule has 2 atom stereocenters. The number of carbonyl (C=O) groups is 1. The van der Waals surface area contributed by atoms with E-state index in [1.165, 1.54) is 5.56 Å². The van der Waals surface area contributed by atoms with Crippen molar-refractivity contribution in [3.05, 3.63) is 89.1 Å². The van der Waals surface area contributed by atoms with Crippen LogP contribution in [0.15, 0.2) is 65.2 Å². The van der Waals surface area contributed by atoms with Gasteiger partial charge in [0.1, 0.15) is 17.2 Å². The van der Waals surface area contributed by atoms with Gasteiger partial charge in [-0.15, -0.1) is 0 Å². The number of halogens is 3. The van der Waals surface area contributed by atoms with Crippen molar-refractivity contribution in [2.24, 2.45) is 11.8 Å². The second-order valence-corrected chi connectivity index (χ2v) is 12.6. The van der Waals surface area contributed by atoms with Crippen molar-refractivity contribution in [2.45, 2.75) is 59.1 Å². The maximum atomic E-state index is 13.2. The molecule has 2 aromatic heterocycles. The molecule has 1 saturated heterocycles. The number of hydrogen-bond donors (Lipinski definition) is 0. The van der Waals surface area contributed by atoms with Crippen LogP contribution < -0.4 is 9.64 Å². The molecule has 8 nitrogen and oxygen atoms in total. The van der Waals surface area contributed by atoms with Crippen LogP contribution >= 0.6 is 0 Å². The summed E-state index contributed by atoms with van der Waals surface area (Å²) in [4.78, 5) is 26.9. The van der Waals surface area contributed by atoms with Crippen molar-refractivity contribution in [3.63, 3.8) is 0 Å². The number of esters is 1. The molecule has 11 heteroatoms. The van der Waals surface area contributed by atoms with Gasteiger partial charge in [0, 0.05) is 31.3 Å². The highest BCUT2D eigenvalue weighted by Gasteiger charge is 2.40. The van der Waals surface area contributed by atoms with Crippen LogP contribution in [0.2, 0.25) is 0 Å². The highest BCUT2D eigenvalue weighted by molar-refractivity contribution is 5.74. The Kier molecular flexibility index (Phi) is 9.69. The number of anilines is 1. The molecule has 5 rings (SSSR count). The number of benzene rings is 2. The van der Waals surface area contributed by atoms with Crippen LogP contribution in [0.25, 0.3) is 11.5 Å². The molecular formula is C35H39F3N4O4. The lowest BCUT2D eigenvalue weighted by Gasteiger charge is -2.18. The maximum absolute atomic E-state index is 13.2. The zero-order valence-electron chi connectivity index (χ0n) is 26.7. The Bertz CT molecular complexity index is 1630. The van der Waals surface area contributed by atoms with Crippen LogP contribution in [-0.4, -0.2) is 47.2 Å². The Morgan fingerprint density at radius 2 is 1.72 bits per heavy atom. The quantitative estimate of drug-likeness (QED) is 0.168. The molecule has 0 amide bonds. The Hall–Kier alpha value is -4.41. The number of rotatable bonds is 10. The Morgan fingerprint density at radius 3 is 2.37 bits per heavy atom. The fraction of sp³-hybridized carbons (Fsp3) is 0.429. The second-order valence-electron chi connectivity index (χ2n) is 12.6. The van der Waals surface area contributed by atoms with Crippen molar-refractivity contribution in [1.29, 1.82) is 0 Å². The molecule has 244 valence electrons. The minimum Gasteiger partial charge on any atom is -0.493 e. The topological polar surface area (TPSA) is 90.6 Å². The van der Waals surface area contributed by atoms with Crippen LogP contribution in [-0.2, 0) is 34.0 Å². The van der Waals surface area contributed by atoms with Crippen molar-refractivity contribution < 1.29 is 31.9 Å². The molecule has 0 saturated carbocycles. The molecule has 1 fully saturated rings. The number of aryl methyl sites for hydroxylation is 1. The van der Waals surface area contributed by atoms with Gasteiger partial charge in [-0.25, -0.2) is 15.0 Å². The van der Waals surface area contributed by atoms with Crippen molar-refractivity contribution in [1.82, 2.24) is 15.0 Å². The zero-order valence-corrected chi connectivity index (χ0v) is 26.7. The van der Waals surface area contributed by atoms with E-state index in [2.05, 4.69) is 42.9 Å². The SMILES string of the molecule is CCOC(=O)[C@H]1CN(c2nccc(C(F)(F)F)n2)C[C@H]1Cc1ccc(OCCc2nc(-c3ccc(C(C)(C)C)cc3)oc2C)cc1. The van der Waals surface area contributed by atoms with E-state index in [0.29, 0.717) is 37.6 Å². The maximum Gasteiger partial charge on any atom is 0.433 e. The van der Waals surface area contributed by atoms with Crippen molar-refractivity contribution in [3.8, 4) is 17.2 Å². The van der Waals surface area contributed by atoms with Crippen LogP contribution in [0, 0.1) is 18.8 Å². The Balaban J connectivity index is 1.19. The average molecular weight is 637 g/mol. The van der Waals surface area contributed by atoms with Crippen molar-refractivity contribution >= 4 is 11.9 Å². The van der Waals surface area contributed by atoms with Gasteiger partial charge in [-0.3, -0.25) is 4.79 Å². The first-order chi connectivity index (χ1) is 21.8. The highest BCUT2D eigenvalue weighted by Crippen LogP contribution is 2.33. The summed E-state index contributed by atoms with van der Waals surface area (Å²) in [5, 5.41) is 0. The van der Waals surface area contributed by atoms with E-state index in [0.717, 1.165) is 34.8 Å². The summed E-state index contributed by atoms with van der Waals surface area (Å²) in [7, 11) is 0. The number of alkyl halides is 3. The first kappa shape index (κ1) is 33.0. The fourth-order valence-corrected chi connectivity index (χ4v) is 5.60. The number of ether oxygens (including phenoxy) is 2. The summed E-state index contributed by atoms with van der Waals surface area (Å²) in [5.74, 6) is 0.877. The number of carbonyl (C=O) groups excluding carboxylic acids is 1. The van der Waals surface area contributed by atoms with Crippen LogP contribution in [0.1, 0.15) is 56.0 Å². The molecule has 46 heavy (non-hydrogen) atoms. The van der Waals surface area contributed by atoms with E-state index in [4.69, 9.17) is 18.9 Å². The summed E-state index contributed by atoms with van der Waals surface area (Å²) < 4.78 is 57.0. The lowest BCUT2D eigenvalue weighted by atomic mass is 9.87. The number of nitrogens with zero attached hydrogens (tertiary/aromatic N) is 4. The third kappa shape index (κ3) is 7.86. The van der Waals surface area contributed by atoms with Gasteiger partial charge in [-0.1, -0.05) is 45.0 Å². The largest absolute Gasteiger partial charge is 0.493 e. The molecule has 0 radical (unpaired) electrons. The monoisotopic (exact) mass is 636 g/mol. The number of aromatic nitrogens is 3. The normalized spacial score (nSPS) is 16.9. The van der Waals surface area contributed by atoms with E-state index in [-0.39, 0.29) is 36.4 Å². The molecular weight excluding hydrogens is 597 g/mol. The molecule has 1 aliphatic rings. The fourth-order valence-electron chi connectivity index (χ4n) is 5.60. The van der Waals surface area contributed by atoms with Gasteiger partial charge in [0.15, 0.2) is 0 Å². The lowest BCUT2D eigenvalue weighted by molar-refractivity contribution is -0.148. The molecule has 3 heterocycles. The van der Waals surface area contributed by atoms with E-state index in [1.54, 1.807) is 11.8 Å². The molecule has 4 aromatic rings. The lowest BCUT2D eigenvalue weighted by Crippen LogP contribution is -2.27. The standard InChI is InChI=1S/C35H39F3N4O4/c1-6-44-32(43)28-21-42(33-39-17-15-30(41-33)35(36,37)38)20-25(28)19-23-7-13-27(14-8-23)45-18-16-29-22(2)46-31(40-29)24-9-11-26(12-10-24)34(3,4)5/h7-15,17,25,28H,6,16,18-21H2,1-5H3/t25-,28+/m1/s1. The van der Waals surface area contributed by atoms with Crippen molar-refractivity contribution in [2.75, 3.05) is 31.2 Å². The number of oxazole rings is 1. The summed E-state index contributed by atoms with van der Waals surface area (Å²) in [5.41, 5.74) is 3.03. The van der Waals surface area contributed by atoms with Gasteiger partial charge >= 0.3 is 12.1 Å². The summed E-state index contributed by atoms with van der Waals surface area (Å²) in [6.45, 7) is 11.3. The predicted molar refractivity (Wildman–Crippen MR) is 168 cm³/mol. The van der Waals surface area contributed by atoms with Gasteiger partial charge in [0.25, 0.3) is 0 Å². The molecule has 0 N–H and O–H groups in total. The third-order valence-corrected chi connectivity index (χ3v) is 8.17. The van der Waals surface area contributed by atoms with E-state index in [1.807, 2.05) is 43.3 Å². The van der Waals surface area contributed by atoms with E-state index >= 15 is 0 Å². The molecule has 0 unspecified atom stereocenters. The molecule has 1 aliphatic heterocycles. The Labute approximate surface area is 267 Å². The average Bonchev–Trinajstić information content (AvgIpc) is 3.61.